The lowest BCUT2D eigenvalue weighted by Gasteiger charge is -2.24. The Labute approximate surface area is 101 Å². The number of hydrogen-bond acceptors (Lipinski definition) is 2. The van der Waals surface area contributed by atoms with Gasteiger partial charge in [-0.15, -0.1) is 0 Å². The second-order valence-electron chi connectivity index (χ2n) is 4.88. The van der Waals surface area contributed by atoms with Crippen molar-refractivity contribution in [2.24, 2.45) is 5.73 Å². The minimum atomic E-state index is -0.114. The lowest BCUT2D eigenvalue weighted by Crippen LogP contribution is -2.33. The van der Waals surface area contributed by atoms with Gasteiger partial charge < -0.3 is 10.3 Å². The van der Waals surface area contributed by atoms with E-state index in [4.69, 9.17) is 5.73 Å². The molecule has 3 heteroatoms. The van der Waals surface area contributed by atoms with E-state index in [0.29, 0.717) is 0 Å². The van der Waals surface area contributed by atoms with Gasteiger partial charge in [-0.3, -0.25) is 0 Å². The Morgan fingerprint density at radius 1 is 1.24 bits per heavy atom. The van der Waals surface area contributed by atoms with E-state index >= 15 is 0 Å². The predicted molar refractivity (Wildman–Crippen MR) is 67.9 cm³/mol. The highest BCUT2D eigenvalue weighted by molar-refractivity contribution is 5.39. The molecule has 17 heavy (non-hydrogen) atoms. The van der Waals surface area contributed by atoms with Crippen LogP contribution < -0.4 is 5.73 Å². The lowest BCUT2D eigenvalue weighted by atomic mass is 9.89. The lowest BCUT2D eigenvalue weighted by molar-refractivity contribution is 0.461. The van der Waals surface area contributed by atoms with E-state index < -0.39 is 0 Å². The van der Waals surface area contributed by atoms with Crippen molar-refractivity contribution >= 4 is 0 Å². The summed E-state index contributed by atoms with van der Waals surface area (Å²) in [6, 6.07) is 8.50. The summed E-state index contributed by atoms with van der Waals surface area (Å²) >= 11 is 0. The first-order chi connectivity index (χ1) is 8.28. The SMILES string of the molecule is NC1(c2cccc(-n3ccnc3)c2)CCCC1. The van der Waals surface area contributed by atoms with Crippen molar-refractivity contribution < 1.29 is 0 Å². The van der Waals surface area contributed by atoms with E-state index in [2.05, 4.69) is 29.2 Å². The van der Waals surface area contributed by atoms with E-state index in [0.717, 1.165) is 18.5 Å². The molecular formula is C14H17N3. The summed E-state index contributed by atoms with van der Waals surface area (Å²) in [6.07, 6.45) is 10.2. The van der Waals surface area contributed by atoms with Crippen molar-refractivity contribution in [1.82, 2.24) is 9.55 Å². The van der Waals surface area contributed by atoms with Crippen LogP contribution in [0.15, 0.2) is 43.0 Å². The van der Waals surface area contributed by atoms with Crippen LogP contribution in [0, 0.1) is 0 Å². The third-order valence-corrected chi connectivity index (χ3v) is 3.72. The topological polar surface area (TPSA) is 43.8 Å². The van der Waals surface area contributed by atoms with Crippen molar-refractivity contribution in [3.8, 4) is 5.69 Å². The quantitative estimate of drug-likeness (QED) is 0.857. The third kappa shape index (κ3) is 1.87. The Hall–Kier alpha value is -1.61. The van der Waals surface area contributed by atoms with Crippen LogP contribution in [0.4, 0.5) is 0 Å². The second-order valence-corrected chi connectivity index (χ2v) is 4.88. The maximum Gasteiger partial charge on any atom is 0.0991 e. The summed E-state index contributed by atoms with van der Waals surface area (Å²) < 4.78 is 2.02. The summed E-state index contributed by atoms with van der Waals surface area (Å²) in [5, 5.41) is 0. The zero-order valence-corrected chi connectivity index (χ0v) is 9.84. The minimum absolute atomic E-state index is 0.114. The van der Waals surface area contributed by atoms with E-state index in [-0.39, 0.29) is 5.54 Å². The molecule has 88 valence electrons. The fourth-order valence-electron chi connectivity index (χ4n) is 2.68. The number of nitrogens with two attached hydrogens (primary N) is 1. The molecule has 3 rings (SSSR count). The average Bonchev–Trinajstić information content (AvgIpc) is 3.01. The molecule has 0 bridgehead atoms. The van der Waals surface area contributed by atoms with Crippen molar-refractivity contribution in [2.75, 3.05) is 0 Å². The number of benzene rings is 1. The number of rotatable bonds is 2. The molecule has 0 amide bonds. The van der Waals surface area contributed by atoms with Gasteiger partial charge in [-0.2, -0.15) is 0 Å². The van der Waals surface area contributed by atoms with Crippen LogP contribution >= 0.6 is 0 Å². The van der Waals surface area contributed by atoms with Gasteiger partial charge >= 0.3 is 0 Å². The van der Waals surface area contributed by atoms with Gasteiger partial charge in [-0.25, -0.2) is 4.98 Å². The molecule has 1 fully saturated rings. The zero-order valence-electron chi connectivity index (χ0n) is 9.84. The predicted octanol–water partition coefficient (Wildman–Crippen LogP) is 2.60. The molecular weight excluding hydrogens is 210 g/mol. The summed E-state index contributed by atoms with van der Waals surface area (Å²) in [5.41, 5.74) is 8.75. The molecule has 1 aromatic heterocycles. The molecule has 1 heterocycles. The molecule has 1 aromatic carbocycles. The molecule has 2 aromatic rings. The maximum absolute atomic E-state index is 6.48. The van der Waals surface area contributed by atoms with Crippen LogP contribution in [0.1, 0.15) is 31.2 Å². The van der Waals surface area contributed by atoms with E-state index in [1.54, 1.807) is 6.20 Å². The van der Waals surface area contributed by atoms with Gasteiger partial charge in [-0.05, 0) is 30.5 Å². The van der Waals surface area contributed by atoms with Crippen molar-refractivity contribution in [3.05, 3.63) is 48.5 Å². The number of imidazole rings is 1. The fraction of sp³-hybridized carbons (Fsp3) is 0.357. The van der Waals surface area contributed by atoms with Crippen molar-refractivity contribution in [3.63, 3.8) is 0 Å². The fourth-order valence-corrected chi connectivity index (χ4v) is 2.68. The average molecular weight is 227 g/mol. The minimum Gasteiger partial charge on any atom is -0.321 e. The van der Waals surface area contributed by atoms with Crippen LogP contribution in [0.2, 0.25) is 0 Å². The Bertz CT molecular complexity index is 496. The van der Waals surface area contributed by atoms with Crippen molar-refractivity contribution in [2.45, 2.75) is 31.2 Å². The first-order valence-electron chi connectivity index (χ1n) is 6.16. The van der Waals surface area contributed by atoms with Crippen molar-refractivity contribution in [1.29, 1.82) is 0 Å². The van der Waals surface area contributed by atoms with Crippen LogP contribution in [-0.2, 0) is 5.54 Å². The summed E-state index contributed by atoms with van der Waals surface area (Å²) in [6.45, 7) is 0. The monoisotopic (exact) mass is 227 g/mol. The van der Waals surface area contributed by atoms with Crippen LogP contribution in [-0.4, -0.2) is 9.55 Å². The molecule has 3 nitrogen and oxygen atoms in total. The highest BCUT2D eigenvalue weighted by atomic mass is 15.0. The zero-order chi connectivity index (χ0) is 11.7. The van der Waals surface area contributed by atoms with Crippen LogP contribution in [0.5, 0.6) is 0 Å². The number of hydrogen-bond donors (Lipinski definition) is 1. The number of nitrogens with zero attached hydrogens (tertiary/aromatic N) is 2. The maximum atomic E-state index is 6.48. The normalized spacial score (nSPS) is 18.4. The van der Waals surface area contributed by atoms with Gasteiger partial charge in [0.2, 0.25) is 0 Å². The van der Waals surface area contributed by atoms with Gasteiger partial charge in [0, 0.05) is 23.6 Å². The Kier molecular flexibility index (Phi) is 2.48. The molecule has 1 aliphatic rings. The van der Waals surface area contributed by atoms with Gasteiger partial charge in [0.05, 0.1) is 6.33 Å². The molecule has 0 atom stereocenters. The summed E-state index contributed by atoms with van der Waals surface area (Å²) in [4.78, 5) is 4.07. The first kappa shape index (κ1) is 10.5. The van der Waals surface area contributed by atoms with Gasteiger partial charge in [0.25, 0.3) is 0 Å². The summed E-state index contributed by atoms with van der Waals surface area (Å²) in [7, 11) is 0. The molecule has 0 radical (unpaired) electrons. The summed E-state index contributed by atoms with van der Waals surface area (Å²) in [5.74, 6) is 0. The highest BCUT2D eigenvalue weighted by Gasteiger charge is 2.31. The second kappa shape index (κ2) is 4.00. The number of aromatic nitrogens is 2. The Morgan fingerprint density at radius 3 is 2.76 bits per heavy atom. The highest BCUT2D eigenvalue weighted by Crippen LogP contribution is 2.36. The van der Waals surface area contributed by atoms with E-state index in [9.17, 15) is 0 Å². The largest absolute Gasteiger partial charge is 0.321 e. The molecule has 0 aliphatic heterocycles. The smallest absolute Gasteiger partial charge is 0.0991 e. The van der Waals surface area contributed by atoms with Crippen LogP contribution in [0.25, 0.3) is 5.69 Å². The Morgan fingerprint density at radius 2 is 2.06 bits per heavy atom. The molecule has 0 saturated heterocycles. The molecule has 2 N–H and O–H groups in total. The van der Waals surface area contributed by atoms with Gasteiger partial charge in [-0.1, -0.05) is 25.0 Å². The Balaban J connectivity index is 1.99. The van der Waals surface area contributed by atoms with E-state index in [1.165, 1.54) is 18.4 Å². The molecule has 0 unspecified atom stereocenters. The van der Waals surface area contributed by atoms with Crippen LogP contribution in [0.3, 0.4) is 0 Å². The first-order valence-corrected chi connectivity index (χ1v) is 6.16. The molecule has 0 spiro atoms. The standard InChI is InChI=1S/C14H17N3/c15-14(6-1-2-7-14)12-4-3-5-13(10-12)17-9-8-16-11-17/h3-5,8-11H,1-2,6-7,15H2. The molecule has 1 saturated carbocycles. The third-order valence-electron chi connectivity index (χ3n) is 3.72. The van der Waals surface area contributed by atoms with Gasteiger partial charge in [0.1, 0.15) is 0 Å². The van der Waals surface area contributed by atoms with Gasteiger partial charge in [0.15, 0.2) is 0 Å². The van der Waals surface area contributed by atoms with E-state index in [1.807, 2.05) is 17.1 Å². The molecule has 1 aliphatic carbocycles.